The van der Waals surface area contributed by atoms with Gasteiger partial charge in [-0.15, -0.1) is 11.3 Å². The summed E-state index contributed by atoms with van der Waals surface area (Å²) in [5.74, 6) is 0. The second-order valence-electron chi connectivity index (χ2n) is 5.02. The summed E-state index contributed by atoms with van der Waals surface area (Å²) in [7, 11) is 1.68. The normalized spacial score (nSPS) is 12.7. The first-order valence-corrected chi connectivity index (χ1v) is 8.84. The first-order chi connectivity index (χ1) is 11.2. The van der Waals surface area contributed by atoms with Crippen molar-refractivity contribution in [2.75, 3.05) is 20.3 Å². The molecule has 23 heavy (non-hydrogen) atoms. The zero-order valence-corrected chi connectivity index (χ0v) is 15.3. The number of methoxy groups -OCH3 is 1. The Kier molecular flexibility index (Phi) is 5.09. The Labute approximate surface area is 146 Å². The van der Waals surface area contributed by atoms with Gasteiger partial charge in [-0.05, 0) is 25.1 Å². The summed E-state index contributed by atoms with van der Waals surface area (Å²) in [6.45, 7) is 3.26. The first kappa shape index (κ1) is 16.2. The van der Waals surface area contributed by atoms with Crippen molar-refractivity contribution in [1.82, 2.24) is 9.66 Å². The van der Waals surface area contributed by atoms with Crippen LogP contribution in [0.25, 0.3) is 10.9 Å². The summed E-state index contributed by atoms with van der Waals surface area (Å²) in [5.41, 5.74) is 3.19. The lowest BCUT2D eigenvalue weighted by molar-refractivity contribution is 0.207. The van der Waals surface area contributed by atoms with E-state index in [1.54, 1.807) is 18.4 Å². The lowest BCUT2D eigenvalue weighted by Gasteiger charge is -1.98. The number of aromatic amines is 1. The summed E-state index contributed by atoms with van der Waals surface area (Å²) >= 11 is 5.09. The highest BCUT2D eigenvalue weighted by Crippen LogP contribution is 2.21. The van der Waals surface area contributed by atoms with Crippen LogP contribution in [0.3, 0.4) is 0 Å². The van der Waals surface area contributed by atoms with E-state index < -0.39 is 0 Å². The van der Waals surface area contributed by atoms with E-state index >= 15 is 0 Å². The Morgan fingerprint density at radius 3 is 3.13 bits per heavy atom. The van der Waals surface area contributed by atoms with Gasteiger partial charge in [-0.25, -0.2) is 4.68 Å². The molecule has 0 aliphatic carbocycles. The van der Waals surface area contributed by atoms with Crippen molar-refractivity contribution in [2.24, 2.45) is 10.1 Å². The standard InChI is InChI=1S/C16H17BrN4OS/c1-11-10-23-16(18-5-6-22-2)21(11)20-9-12-8-19-15-4-3-13(17)7-14(12)15/h3-4,7-10,19H,5-6H2,1-2H3. The molecule has 5 nitrogen and oxygen atoms in total. The number of rotatable bonds is 5. The van der Waals surface area contributed by atoms with Crippen LogP contribution in [0.1, 0.15) is 11.3 Å². The molecular formula is C16H17BrN4OS. The number of aryl methyl sites for hydroxylation is 1. The van der Waals surface area contributed by atoms with Crippen LogP contribution in [0.2, 0.25) is 0 Å². The number of nitrogens with zero attached hydrogens (tertiary/aromatic N) is 3. The zero-order chi connectivity index (χ0) is 16.2. The van der Waals surface area contributed by atoms with E-state index in [1.807, 2.05) is 36.1 Å². The molecule has 0 bridgehead atoms. The molecule has 0 unspecified atom stereocenters. The van der Waals surface area contributed by atoms with Crippen molar-refractivity contribution in [2.45, 2.75) is 6.92 Å². The molecule has 0 amide bonds. The molecule has 3 rings (SSSR count). The van der Waals surface area contributed by atoms with Gasteiger partial charge in [0.15, 0.2) is 0 Å². The third-order valence-electron chi connectivity index (χ3n) is 3.38. The number of ether oxygens (including phenoxy) is 1. The Hall–Kier alpha value is -1.70. The monoisotopic (exact) mass is 392 g/mol. The molecule has 2 aromatic heterocycles. The molecule has 3 aromatic rings. The lowest BCUT2D eigenvalue weighted by atomic mass is 10.2. The van der Waals surface area contributed by atoms with E-state index in [-0.39, 0.29) is 0 Å². The van der Waals surface area contributed by atoms with Crippen molar-refractivity contribution < 1.29 is 4.74 Å². The molecule has 0 aliphatic rings. The lowest BCUT2D eigenvalue weighted by Crippen LogP contribution is -2.13. The van der Waals surface area contributed by atoms with Gasteiger partial charge in [0.05, 0.1) is 25.1 Å². The van der Waals surface area contributed by atoms with Crippen LogP contribution in [0.15, 0.2) is 44.3 Å². The van der Waals surface area contributed by atoms with Gasteiger partial charge < -0.3 is 9.72 Å². The fraction of sp³-hybridized carbons (Fsp3) is 0.250. The molecule has 0 atom stereocenters. The number of hydrogen-bond acceptors (Lipinski definition) is 4. The number of H-pyrrole nitrogens is 1. The Bertz CT molecular complexity index is 906. The van der Waals surface area contributed by atoms with Crippen molar-refractivity contribution in [3.8, 4) is 0 Å². The molecule has 1 aromatic carbocycles. The van der Waals surface area contributed by atoms with Crippen LogP contribution in [-0.2, 0) is 4.74 Å². The summed E-state index contributed by atoms with van der Waals surface area (Å²) in [4.78, 5) is 8.65. The van der Waals surface area contributed by atoms with Gasteiger partial charge in [0.2, 0.25) is 4.80 Å². The Morgan fingerprint density at radius 2 is 2.30 bits per heavy atom. The summed E-state index contributed by atoms with van der Waals surface area (Å²) < 4.78 is 7.95. The van der Waals surface area contributed by atoms with Crippen LogP contribution in [0.4, 0.5) is 0 Å². The Morgan fingerprint density at radius 1 is 1.43 bits per heavy atom. The van der Waals surface area contributed by atoms with Crippen molar-refractivity contribution >= 4 is 44.4 Å². The Balaban J connectivity index is 1.94. The highest BCUT2D eigenvalue weighted by Gasteiger charge is 2.03. The SMILES string of the molecule is COCCN=c1scc(C)n1N=Cc1c[nH]c2ccc(Br)cc12. The molecule has 1 N–H and O–H groups in total. The third-order valence-corrected chi connectivity index (χ3v) is 4.85. The predicted molar refractivity (Wildman–Crippen MR) is 98.3 cm³/mol. The van der Waals surface area contributed by atoms with Crippen LogP contribution >= 0.6 is 27.3 Å². The second kappa shape index (κ2) is 7.25. The van der Waals surface area contributed by atoms with Crippen molar-refractivity contribution in [3.05, 3.63) is 50.3 Å². The largest absolute Gasteiger partial charge is 0.383 e. The highest BCUT2D eigenvalue weighted by molar-refractivity contribution is 9.10. The van der Waals surface area contributed by atoms with Crippen LogP contribution in [0, 0.1) is 6.92 Å². The molecule has 0 spiro atoms. The zero-order valence-electron chi connectivity index (χ0n) is 12.9. The topological polar surface area (TPSA) is 54.7 Å². The minimum absolute atomic E-state index is 0.608. The molecule has 2 heterocycles. The maximum Gasteiger partial charge on any atom is 0.205 e. The fourth-order valence-electron chi connectivity index (χ4n) is 2.21. The minimum atomic E-state index is 0.608. The van der Waals surface area contributed by atoms with E-state index in [4.69, 9.17) is 4.74 Å². The summed E-state index contributed by atoms with van der Waals surface area (Å²) in [5, 5.41) is 7.78. The number of hydrogen-bond donors (Lipinski definition) is 1. The molecule has 0 aliphatic heterocycles. The highest BCUT2D eigenvalue weighted by atomic mass is 79.9. The molecule has 0 saturated carbocycles. The van der Waals surface area contributed by atoms with Crippen LogP contribution in [-0.4, -0.2) is 36.1 Å². The van der Waals surface area contributed by atoms with E-state index in [2.05, 4.69) is 42.5 Å². The molecule has 7 heteroatoms. The maximum atomic E-state index is 5.04. The first-order valence-electron chi connectivity index (χ1n) is 7.16. The average molecular weight is 393 g/mol. The number of thiazole rings is 1. The predicted octanol–water partition coefficient (Wildman–Crippen LogP) is 3.53. The van der Waals surface area contributed by atoms with E-state index in [0.29, 0.717) is 13.2 Å². The average Bonchev–Trinajstić information content (AvgIpc) is 3.09. The number of benzene rings is 1. The third kappa shape index (κ3) is 3.63. The van der Waals surface area contributed by atoms with Gasteiger partial charge in [-0.3, -0.25) is 4.99 Å². The summed E-state index contributed by atoms with van der Waals surface area (Å²) in [6, 6.07) is 6.15. The molecular weight excluding hydrogens is 376 g/mol. The molecule has 120 valence electrons. The minimum Gasteiger partial charge on any atom is -0.383 e. The number of fused-ring (bicyclic) bond motifs is 1. The van der Waals surface area contributed by atoms with E-state index in [0.717, 1.165) is 31.4 Å². The quantitative estimate of drug-likeness (QED) is 0.523. The summed E-state index contributed by atoms with van der Waals surface area (Å²) in [6.07, 6.45) is 3.82. The van der Waals surface area contributed by atoms with Gasteiger partial charge >= 0.3 is 0 Å². The van der Waals surface area contributed by atoms with Crippen molar-refractivity contribution in [3.63, 3.8) is 0 Å². The van der Waals surface area contributed by atoms with Gasteiger partial charge in [-0.2, -0.15) is 5.10 Å². The number of halogens is 1. The van der Waals surface area contributed by atoms with Gasteiger partial charge in [-0.1, -0.05) is 15.9 Å². The number of nitrogens with one attached hydrogen (secondary N) is 1. The number of aromatic nitrogens is 2. The molecule has 0 saturated heterocycles. The molecule has 0 radical (unpaired) electrons. The van der Waals surface area contributed by atoms with E-state index in [9.17, 15) is 0 Å². The maximum absolute atomic E-state index is 5.04. The molecule has 0 fully saturated rings. The van der Waals surface area contributed by atoms with Gasteiger partial charge in [0.25, 0.3) is 0 Å². The smallest absolute Gasteiger partial charge is 0.205 e. The second-order valence-corrected chi connectivity index (χ2v) is 6.78. The van der Waals surface area contributed by atoms with Crippen LogP contribution in [0.5, 0.6) is 0 Å². The van der Waals surface area contributed by atoms with Crippen LogP contribution < -0.4 is 4.80 Å². The fourth-order valence-corrected chi connectivity index (χ4v) is 3.40. The van der Waals surface area contributed by atoms with E-state index in [1.165, 1.54) is 0 Å². The van der Waals surface area contributed by atoms with Crippen molar-refractivity contribution in [1.29, 1.82) is 0 Å². The van der Waals surface area contributed by atoms with Gasteiger partial charge in [0.1, 0.15) is 0 Å². The van der Waals surface area contributed by atoms with Gasteiger partial charge in [0, 0.05) is 39.6 Å².